The lowest BCUT2D eigenvalue weighted by molar-refractivity contribution is 0.100. The number of nitrogens with two attached hydrogens (primary N) is 1. The summed E-state index contributed by atoms with van der Waals surface area (Å²) in [7, 11) is 0. The molecule has 1 aliphatic carbocycles. The zero-order valence-corrected chi connectivity index (χ0v) is 13.8. The molecule has 4 N–H and O–H groups in total. The van der Waals surface area contributed by atoms with Crippen molar-refractivity contribution >= 4 is 28.9 Å². The van der Waals surface area contributed by atoms with Gasteiger partial charge in [-0.25, -0.2) is 4.79 Å². The topological polar surface area (TPSA) is 110 Å². The quantitative estimate of drug-likeness (QED) is 0.712. The second-order valence-electron chi connectivity index (χ2n) is 5.88. The highest BCUT2D eigenvalue weighted by Crippen LogP contribution is 2.35. The van der Waals surface area contributed by atoms with Gasteiger partial charge in [0.25, 0.3) is 5.56 Å². The fraction of sp³-hybridized carbons (Fsp3) is 0.312. The molecule has 1 aliphatic rings. The summed E-state index contributed by atoms with van der Waals surface area (Å²) in [5, 5.41) is 3.37. The van der Waals surface area contributed by atoms with Crippen molar-refractivity contribution in [3.8, 4) is 0 Å². The van der Waals surface area contributed by atoms with Crippen LogP contribution in [0.3, 0.4) is 0 Å². The number of anilines is 2. The van der Waals surface area contributed by atoms with Gasteiger partial charge in [0.15, 0.2) is 5.78 Å². The van der Waals surface area contributed by atoms with Crippen LogP contribution in [0.25, 0.3) is 0 Å². The highest BCUT2D eigenvalue weighted by Gasteiger charge is 2.29. The molecule has 0 bridgehead atoms. The summed E-state index contributed by atoms with van der Waals surface area (Å²) in [5.74, 6) is -0.576. The number of Topliss-reactive ketones (excluding diaryl/α,β-unsaturated/α-hetero) is 1. The number of nitrogens with one attached hydrogen (secondary N) is 2. The number of carbonyl (C=O) groups excluding carboxylic acids is 1. The summed E-state index contributed by atoms with van der Waals surface area (Å²) in [6.45, 7) is 1.75. The molecule has 8 heteroatoms. The van der Waals surface area contributed by atoms with Gasteiger partial charge in [-0.05, 0) is 37.5 Å². The molecular formula is C16H17ClN4O3. The maximum Gasteiger partial charge on any atom is 0.330 e. The number of halogens is 1. The molecule has 0 saturated heterocycles. The SMILES string of the molecule is Cc1ccc(NCC(=O)c2c(N)n(C3CC3)c(=O)[nH]c2=O)c(Cl)c1. The van der Waals surface area contributed by atoms with Crippen LogP contribution in [0.1, 0.15) is 34.8 Å². The van der Waals surface area contributed by atoms with E-state index in [1.165, 1.54) is 4.57 Å². The Balaban J connectivity index is 1.86. The Hall–Kier alpha value is -2.54. The van der Waals surface area contributed by atoms with Crippen molar-refractivity contribution in [2.24, 2.45) is 0 Å². The van der Waals surface area contributed by atoms with E-state index in [9.17, 15) is 14.4 Å². The van der Waals surface area contributed by atoms with Crippen LogP contribution < -0.4 is 22.3 Å². The average Bonchev–Trinajstić information content (AvgIpc) is 3.30. The van der Waals surface area contributed by atoms with Gasteiger partial charge in [0.05, 0.1) is 17.3 Å². The fourth-order valence-electron chi connectivity index (χ4n) is 2.56. The Kier molecular flexibility index (Phi) is 4.19. The number of hydrogen-bond donors (Lipinski definition) is 3. The van der Waals surface area contributed by atoms with Crippen molar-refractivity contribution < 1.29 is 4.79 Å². The lowest BCUT2D eigenvalue weighted by Gasteiger charge is -2.12. The number of carbonyl (C=O) groups is 1. The number of H-pyrrole nitrogens is 1. The minimum atomic E-state index is -0.767. The molecule has 2 aromatic rings. The number of aromatic nitrogens is 2. The third-order valence-corrected chi connectivity index (χ3v) is 4.25. The molecular weight excluding hydrogens is 332 g/mol. The summed E-state index contributed by atoms with van der Waals surface area (Å²) in [4.78, 5) is 38.4. The van der Waals surface area contributed by atoms with Crippen LogP contribution in [0.15, 0.2) is 27.8 Å². The smallest absolute Gasteiger partial charge is 0.330 e. The summed E-state index contributed by atoms with van der Waals surface area (Å²) < 4.78 is 1.29. The maximum absolute atomic E-state index is 12.4. The van der Waals surface area contributed by atoms with E-state index in [4.69, 9.17) is 17.3 Å². The van der Waals surface area contributed by atoms with Gasteiger partial charge in [0.2, 0.25) is 0 Å². The first kappa shape index (κ1) is 16.3. The van der Waals surface area contributed by atoms with Crippen molar-refractivity contribution in [1.82, 2.24) is 9.55 Å². The lowest BCUT2D eigenvalue weighted by atomic mass is 10.1. The Morgan fingerprint density at radius 1 is 1.42 bits per heavy atom. The average molecular weight is 349 g/mol. The fourth-order valence-corrected chi connectivity index (χ4v) is 2.86. The third-order valence-electron chi connectivity index (χ3n) is 3.94. The molecule has 0 aliphatic heterocycles. The first-order chi connectivity index (χ1) is 11.4. The molecule has 0 radical (unpaired) electrons. The molecule has 1 saturated carbocycles. The molecule has 24 heavy (non-hydrogen) atoms. The van der Waals surface area contributed by atoms with Gasteiger partial charge < -0.3 is 11.1 Å². The molecule has 0 atom stereocenters. The monoisotopic (exact) mass is 348 g/mol. The summed E-state index contributed by atoms with van der Waals surface area (Å²) in [6.07, 6.45) is 1.61. The number of aryl methyl sites for hydroxylation is 1. The first-order valence-corrected chi connectivity index (χ1v) is 7.94. The number of hydrogen-bond acceptors (Lipinski definition) is 5. The molecule has 0 spiro atoms. The first-order valence-electron chi connectivity index (χ1n) is 7.56. The van der Waals surface area contributed by atoms with Gasteiger partial charge in [0, 0.05) is 6.04 Å². The summed E-state index contributed by atoms with van der Waals surface area (Å²) in [6, 6.07) is 5.33. The Labute approximate surface area is 142 Å². The normalized spacial score (nSPS) is 13.8. The second-order valence-corrected chi connectivity index (χ2v) is 6.29. The number of ketones is 1. The number of nitrogens with zero attached hydrogens (tertiary/aromatic N) is 1. The predicted molar refractivity (Wildman–Crippen MR) is 93.0 cm³/mol. The Morgan fingerprint density at radius 3 is 2.75 bits per heavy atom. The molecule has 1 aromatic heterocycles. The van der Waals surface area contributed by atoms with E-state index in [1.807, 2.05) is 13.0 Å². The van der Waals surface area contributed by atoms with Gasteiger partial charge in [-0.2, -0.15) is 0 Å². The van der Waals surface area contributed by atoms with E-state index in [-0.39, 0.29) is 24.0 Å². The molecule has 7 nitrogen and oxygen atoms in total. The molecule has 3 rings (SSSR count). The summed E-state index contributed by atoms with van der Waals surface area (Å²) >= 11 is 6.11. The van der Waals surface area contributed by atoms with Crippen LogP contribution in [0.2, 0.25) is 5.02 Å². The van der Waals surface area contributed by atoms with E-state index >= 15 is 0 Å². The number of rotatable bonds is 5. The zero-order chi connectivity index (χ0) is 17.4. The highest BCUT2D eigenvalue weighted by atomic mass is 35.5. The molecule has 1 fully saturated rings. The van der Waals surface area contributed by atoms with Crippen molar-refractivity contribution in [2.45, 2.75) is 25.8 Å². The summed E-state index contributed by atoms with van der Waals surface area (Å²) in [5.41, 5.74) is 5.95. The van der Waals surface area contributed by atoms with Crippen LogP contribution in [-0.4, -0.2) is 21.9 Å². The Bertz CT molecular complexity index is 928. The van der Waals surface area contributed by atoms with Gasteiger partial charge in [0.1, 0.15) is 11.4 Å². The van der Waals surface area contributed by atoms with E-state index in [0.717, 1.165) is 18.4 Å². The zero-order valence-electron chi connectivity index (χ0n) is 13.1. The third kappa shape index (κ3) is 3.07. The minimum Gasteiger partial charge on any atom is -0.384 e. The van der Waals surface area contributed by atoms with Crippen LogP contribution in [0.4, 0.5) is 11.5 Å². The van der Waals surface area contributed by atoms with E-state index < -0.39 is 17.0 Å². The van der Waals surface area contributed by atoms with Crippen molar-refractivity contribution in [1.29, 1.82) is 0 Å². The van der Waals surface area contributed by atoms with Crippen LogP contribution in [-0.2, 0) is 0 Å². The van der Waals surface area contributed by atoms with Gasteiger partial charge in [-0.1, -0.05) is 17.7 Å². The second kappa shape index (κ2) is 6.16. The highest BCUT2D eigenvalue weighted by molar-refractivity contribution is 6.33. The van der Waals surface area contributed by atoms with Crippen LogP contribution >= 0.6 is 11.6 Å². The minimum absolute atomic E-state index is 0.0413. The molecule has 126 valence electrons. The molecule has 0 amide bonds. The number of aromatic amines is 1. The van der Waals surface area contributed by atoms with E-state index in [1.54, 1.807) is 12.1 Å². The molecule has 0 unspecified atom stereocenters. The molecule has 1 heterocycles. The maximum atomic E-state index is 12.4. The van der Waals surface area contributed by atoms with Crippen molar-refractivity contribution in [2.75, 3.05) is 17.6 Å². The largest absolute Gasteiger partial charge is 0.384 e. The van der Waals surface area contributed by atoms with E-state index in [2.05, 4.69) is 10.3 Å². The predicted octanol–water partition coefficient (Wildman–Crippen LogP) is 1.71. The van der Waals surface area contributed by atoms with Crippen molar-refractivity contribution in [3.05, 3.63) is 55.2 Å². The number of benzene rings is 1. The van der Waals surface area contributed by atoms with Crippen LogP contribution in [0, 0.1) is 6.92 Å². The standard InChI is InChI=1S/C16H17ClN4O3/c1-8-2-5-11(10(17)6-8)19-7-12(22)13-14(18)21(9-3-4-9)16(24)20-15(13)23/h2,5-6,9,19H,3-4,7,18H2,1H3,(H,20,23,24). The number of nitrogen functional groups attached to an aromatic ring is 1. The van der Waals surface area contributed by atoms with Crippen molar-refractivity contribution in [3.63, 3.8) is 0 Å². The molecule has 1 aromatic carbocycles. The lowest BCUT2D eigenvalue weighted by Crippen LogP contribution is -2.37. The van der Waals surface area contributed by atoms with Gasteiger partial charge >= 0.3 is 5.69 Å². The van der Waals surface area contributed by atoms with Gasteiger partial charge in [-0.15, -0.1) is 0 Å². The van der Waals surface area contributed by atoms with Crippen LogP contribution in [0.5, 0.6) is 0 Å². The Morgan fingerprint density at radius 2 is 2.12 bits per heavy atom. The van der Waals surface area contributed by atoms with E-state index in [0.29, 0.717) is 10.7 Å². The van der Waals surface area contributed by atoms with Gasteiger partial charge in [-0.3, -0.25) is 19.1 Å².